The molecule has 2 bridgehead atoms. The Morgan fingerprint density at radius 2 is 1.85 bits per heavy atom. The Bertz CT molecular complexity index is 1280. The Labute approximate surface area is 198 Å². The van der Waals surface area contributed by atoms with E-state index in [1.54, 1.807) is 11.0 Å². The van der Waals surface area contributed by atoms with Gasteiger partial charge in [0.05, 0.1) is 13.2 Å². The van der Waals surface area contributed by atoms with Crippen LogP contribution in [0.5, 0.6) is 5.75 Å². The molecule has 34 heavy (non-hydrogen) atoms. The first-order chi connectivity index (χ1) is 16.7. The van der Waals surface area contributed by atoms with Crippen molar-refractivity contribution in [2.45, 2.75) is 19.9 Å². The lowest BCUT2D eigenvalue weighted by Gasteiger charge is -2.23. The molecular formula is C27H27N3O4. The highest BCUT2D eigenvalue weighted by Gasteiger charge is 2.21. The third-order valence-electron chi connectivity index (χ3n) is 5.81. The van der Waals surface area contributed by atoms with Gasteiger partial charge in [-0.1, -0.05) is 42.5 Å². The van der Waals surface area contributed by atoms with E-state index in [0.29, 0.717) is 50.1 Å². The predicted molar refractivity (Wildman–Crippen MR) is 128 cm³/mol. The molecule has 0 aliphatic carbocycles. The number of H-pyrrole nitrogens is 1. The number of carbonyl (C=O) groups excluding carboxylic acids is 1. The maximum Gasteiger partial charge on any atom is 0.274 e. The second-order valence-electron chi connectivity index (χ2n) is 8.37. The van der Waals surface area contributed by atoms with E-state index in [1.165, 1.54) is 5.56 Å². The van der Waals surface area contributed by atoms with Gasteiger partial charge in [-0.15, -0.1) is 0 Å². The van der Waals surface area contributed by atoms with Crippen molar-refractivity contribution < 1.29 is 18.7 Å². The molecule has 0 atom stereocenters. The fraction of sp³-hybridized carbons (Fsp3) is 0.259. The van der Waals surface area contributed by atoms with Crippen LogP contribution in [0.2, 0.25) is 0 Å². The number of aryl methyl sites for hydroxylation is 1. The summed E-state index contributed by atoms with van der Waals surface area (Å²) in [5.41, 5.74) is 4.37. The van der Waals surface area contributed by atoms with Gasteiger partial charge in [0.1, 0.15) is 23.8 Å². The Hall–Kier alpha value is -3.84. The number of furan rings is 1. The number of hydrogen-bond acceptors (Lipinski definition) is 5. The van der Waals surface area contributed by atoms with Gasteiger partial charge < -0.3 is 18.8 Å². The van der Waals surface area contributed by atoms with Crippen molar-refractivity contribution in [1.82, 2.24) is 15.1 Å². The van der Waals surface area contributed by atoms with Crippen molar-refractivity contribution in [2.75, 3.05) is 26.4 Å². The molecule has 0 unspecified atom stereocenters. The molecule has 0 saturated carbocycles. The average molecular weight is 458 g/mol. The monoisotopic (exact) mass is 457 g/mol. The van der Waals surface area contributed by atoms with Gasteiger partial charge in [0.25, 0.3) is 5.91 Å². The summed E-state index contributed by atoms with van der Waals surface area (Å²) in [6.07, 6.45) is 0.754. The maximum absolute atomic E-state index is 13.4. The van der Waals surface area contributed by atoms with Crippen LogP contribution in [-0.2, 0) is 17.7 Å². The van der Waals surface area contributed by atoms with Gasteiger partial charge in [-0.2, -0.15) is 5.10 Å². The zero-order valence-electron chi connectivity index (χ0n) is 19.1. The van der Waals surface area contributed by atoms with E-state index in [0.717, 1.165) is 29.1 Å². The topological polar surface area (TPSA) is 80.6 Å². The highest BCUT2D eigenvalue weighted by Crippen LogP contribution is 2.24. The number of aromatic nitrogens is 2. The highest BCUT2D eigenvalue weighted by atomic mass is 16.5. The summed E-state index contributed by atoms with van der Waals surface area (Å²) in [6, 6.07) is 21.9. The average Bonchev–Trinajstić information content (AvgIpc) is 3.50. The van der Waals surface area contributed by atoms with Crippen molar-refractivity contribution >= 4 is 5.91 Å². The van der Waals surface area contributed by atoms with Crippen molar-refractivity contribution in [3.63, 3.8) is 0 Å². The first-order valence-corrected chi connectivity index (χ1v) is 11.4. The zero-order valence-corrected chi connectivity index (χ0v) is 19.1. The van der Waals surface area contributed by atoms with E-state index >= 15 is 0 Å². The molecule has 5 rings (SSSR count). The first kappa shape index (κ1) is 22.0. The summed E-state index contributed by atoms with van der Waals surface area (Å²) in [6.45, 7) is 4.11. The van der Waals surface area contributed by atoms with Crippen LogP contribution in [0, 0.1) is 6.92 Å². The Morgan fingerprint density at radius 1 is 0.971 bits per heavy atom. The molecule has 1 amide bonds. The standard InChI is InChI=1S/C27H27N3O4/c1-19-9-10-26(34-19)23-17-24(29-28-23)27(31)30-11-12-32-13-14-33-25-8-3-2-7-22(25)16-20-5-4-6-21(15-20)18-30/h2-10,15,17H,11-14,16,18H2,1H3,(H,28,29). The van der Waals surface area contributed by atoms with Crippen LogP contribution < -0.4 is 4.74 Å². The van der Waals surface area contributed by atoms with E-state index in [1.807, 2.05) is 49.4 Å². The molecule has 174 valence electrons. The number of nitrogens with one attached hydrogen (secondary N) is 1. The van der Waals surface area contributed by atoms with Gasteiger partial charge in [0.15, 0.2) is 11.5 Å². The number of rotatable bonds is 2. The number of benzene rings is 2. The molecule has 7 nitrogen and oxygen atoms in total. The number of nitrogens with zero attached hydrogens (tertiary/aromatic N) is 2. The summed E-state index contributed by atoms with van der Waals surface area (Å²) < 4.78 is 17.4. The van der Waals surface area contributed by atoms with Crippen LogP contribution in [0.3, 0.4) is 0 Å². The van der Waals surface area contributed by atoms with E-state index in [9.17, 15) is 4.79 Å². The van der Waals surface area contributed by atoms with Crippen LogP contribution >= 0.6 is 0 Å². The fourth-order valence-electron chi connectivity index (χ4n) is 4.11. The third kappa shape index (κ3) is 5.05. The van der Waals surface area contributed by atoms with Crippen LogP contribution in [0.25, 0.3) is 11.5 Å². The van der Waals surface area contributed by atoms with E-state index < -0.39 is 0 Å². The van der Waals surface area contributed by atoms with Crippen LogP contribution in [0.4, 0.5) is 0 Å². The summed E-state index contributed by atoms with van der Waals surface area (Å²) in [5, 5.41) is 7.17. The van der Waals surface area contributed by atoms with Gasteiger partial charge in [-0.25, -0.2) is 0 Å². The van der Waals surface area contributed by atoms with Gasteiger partial charge in [0, 0.05) is 25.6 Å². The molecule has 0 fully saturated rings. The molecule has 3 heterocycles. The van der Waals surface area contributed by atoms with Crippen molar-refractivity contribution in [1.29, 1.82) is 0 Å². The molecular weight excluding hydrogens is 430 g/mol. The fourth-order valence-corrected chi connectivity index (χ4v) is 4.11. The molecule has 2 aromatic heterocycles. The lowest BCUT2D eigenvalue weighted by Crippen LogP contribution is -2.34. The lowest BCUT2D eigenvalue weighted by molar-refractivity contribution is 0.0567. The maximum atomic E-state index is 13.4. The van der Waals surface area contributed by atoms with Gasteiger partial charge in [-0.05, 0) is 41.8 Å². The highest BCUT2D eigenvalue weighted by molar-refractivity contribution is 5.93. The van der Waals surface area contributed by atoms with E-state index in [4.69, 9.17) is 13.9 Å². The minimum Gasteiger partial charge on any atom is -0.491 e. The summed E-state index contributed by atoms with van der Waals surface area (Å²) >= 11 is 0. The lowest BCUT2D eigenvalue weighted by atomic mass is 10.0. The molecule has 4 aromatic rings. The number of hydrogen-bond donors (Lipinski definition) is 1. The number of ether oxygens (including phenoxy) is 2. The van der Waals surface area contributed by atoms with Gasteiger partial charge >= 0.3 is 0 Å². The van der Waals surface area contributed by atoms with Crippen LogP contribution in [-0.4, -0.2) is 47.4 Å². The van der Waals surface area contributed by atoms with Gasteiger partial charge in [0.2, 0.25) is 0 Å². The molecule has 0 radical (unpaired) electrons. The number of aromatic amines is 1. The Balaban J connectivity index is 1.39. The number of fused-ring (bicyclic) bond motifs is 3. The summed E-state index contributed by atoms with van der Waals surface area (Å²) in [4.78, 5) is 15.2. The first-order valence-electron chi connectivity index (χ1n) is 11.4. The molecule has 7 heteroatoms. The summed E-state index contributed by atoms with van der Waals surface area (Å²) in [7, 11) is 0. The Kier molecular flexibility index (Phi) is 6.44. The van der Waals surface area contributed by atoms with Crippen molar-refractivity contribution in [3.8, 4) is 17.2 Å². The van der Waals surface area contributed by atoms with E-state index in [2.05, 4.69) is 28.4 Å². The molecule has 1 aliphatic rings. The number of carbonyl (C=O) groups is 1. The molecule has 0 saturated heterocycles. The second-order valence-corrected chi connectivity index (χ2v) is 8.37. The molecule has 1 aliphatic heterocycles. The molecule has 2 aromatic carbocycles. The van der Waals surface area contributed by atoms with Crippen LogP contribution in [0.1, 0.15) is 32.9 Å². The predicted octanol–water partition coefficient (Wildman–Crippen LogP) is 4.62. The largest absolute Gasteiger partial charge is 0.491 e. The molecule has 0 spiro atoms. The van der Waals surface area contributed by atoms with E-state index in [-0.39, 0.29) is 5.91 Å². The Morgan fingerprint density at radius 3 is 2.74 bits per heavy atom. The van der Waals surface area contributed by atoms with Gasteiger partial charge in [-0.3, -0.25) is 9.89 Å². The smallest absolute Gasteiger partial charge is 0.274 e. The van der Waals surface area contributed by atoms with Crippen molar-refractivity contribution in [3.05, 3.63) is 94.9 Å². The third-order valence-corrected chi connectivity index (χ3v) is 5.81. The number of amides is 1. The quantitative estimate of drug-likeness (QED) is 0.475. The van der Waals surface area contributed by atoms with Crippen molar-refractivity contribution in [2.24, 2.45) is 0 Å². The zero-order chi connectivity index (χ0) is 23.3. The van der Waals surface area contributed by atoms with Crippen LogP contribution in [0.15, 0.2) is 71.1 Å². The normalized spacial score (nSPS) is 14.7. The SMILES string of the molecule is Cc1ccc(-c2cc(C(=O)N3CCOCCOc4ccccc4Cc4cccc(c4)C3)n[nH]2)o1. The minimum absolute atomic E-state index is 0.159. The second kappa shape index (κ2) is 9.97. The summed E-state index contributed by atoms with van der Waals surface area (Å²) in [5.74, 6) is 2.18. The molecule has 1 N–H and O–H groups in total. The minimum atomic E-state index is -0.159. The number of para-hydroxylation sites is 1.